The van der Waals surface area contributed by atoms with Crippen molar-refractivity contribution in [2.75, 3.05) is 42.9 Å². The molecular weight excluding hydrogens is 341 g/mol. The minimum atomic E-state index is -0.223. The lowest BCUT2D eigenvalue weighted by molar-refractivity contribution is -0.892. The fraction of sp³-hybridized carbons (Fsp3) is 0.316. The maximum absolute atomic E-state index is 13.0. The van der Waals surface area contributed by atoms with Gasteiger partial charge < -0.3 is 15.1 Å². The Hall–Kier alpha value is -2.11. The number of anilines is 2. The van der Waals surface area contributed by atoms with Gasteiger partial charge in [-0.25, -0.2) is 4.39 Å². The van der Waals surface area contributed by atoms with Gasteiger partial charge in [-0.1, -0.05) is 17.7 Å². The minimum Gasteiger partial charge on any atom is -0.360 e. The molecule has 0 radical (unpaired) electrons. The van der Waals surface area contributed by atoms with Crippen LogP contribution in [0.15, 0.2) is 42.5 Å². The van der Waals surface area contributed by atoms with Crippen molar-refractivity contribution in [1.29, 1.82) is 0 Å². The number of piperazine rings is 1. The number of nitrogens with zero attached hydrogens (tertiary/aromatic N) is 1. The summed E-state index contributed by atoms with van der Waals surface area (Å²) in [6.45, 7) is 5.81. The molecule has 132 valence electrons. The Morgan fingerprint density at radius 3 is 2.52 bits per heavy atom. The van der Waals surface area contributed by atoms with E-state index in [1.807, 2.05) is 25.1 Å². The highest BCUT2D eigenvalue weighted by molar-refractivity contribution is 6.33. The van der Waals surface area contributed by atoms with Crippen LogP contribution in [0.3, 0.4) is 0 Å². The third kappa shape index (κ3) is 4.71. The molecule has 4 nitrogen and oxygen atoms in total. The fourth-order valence-corrected chi connectivity index (χ4v) is 3.34. The van der Waals surface area contributed by atoms with Gasteiger partial charge in [-0.3, -0.25) is 4.79 Å². The van der Waals surface area contributed by atoms with E-state index in [0.29, 0.717) is 17.3 Å². The van der Waals surface area contributed by atoms with Crippen molar-refractivity contribution >= 4 is 28.9 Å². The van der Waals surface area contributed by atoms with Crippen molar-refractivity contribution in [2.24, 2.45) is 0 Å². The first kappa shape index (κ1) is 17.7. The molecule has 0 bridgehead atoms. The van der Waals surface area contributed by atoms with Gasteiger partial charge in [-0.05, 0) is 48.9 Å². The van der Waals surface area contributed by atoms with Crippen LogP contribution in [-0.2, 0) is 4.79 Å². The third-order valence-corrected chi connectivity index (χ3v) is 4.78. The number of carbonyl (C=O) groups is 1. The Morgan fingerprint density at radius 2 is 1.88 bits per heavy atom. The number of benzene rings is 2. The van der Waals surface area contributed by atoms with Gasteiger partial charge >= 0.3 is 0 Å². The van der Waals surface area contributed by atoms with Crippen molar-refractivity contribution in [3.63, 3.8) is 0 Å². The average molecular weight is 363 g/mol. The quantitative estimate of drug-likeness (QED) is 0.874. The van der Waals surface area contributed by atoms with Gasteiger partial charge in [0.1, 0.15) is 5.82 Å². The normalized spacial score (nSPS) is 15.2. The van der Waals surface area contributed by atoms with Crippen LogP contribution in [0, 0.1) is 12.7 Å². The maximum Gasteiger partial charge on any atom is 0.279 e. The molecule has 1 saturated heterocycles. The summed E-state index contributed by atoms with van der Waals surface area (Å²) in [5.41, 5.74) is 2.74. The van der Waals surface area contributed by atoms with E-state index in [4.69, 9.17) is 11.6 Å². The fourth-order valence-electron chi connectivity index (χ4n) is 3.05. The van der Waals surface area contributed by atoms with E-state index in [2.05, 4.69) is 10.2 Å². The van der Waals surface area contributed by atoms with Crippen LogP contribution in [0.25, 0.3) is 0 Å². The lowest BCUT2D eigenvalue weighted by Gasteiger charge is -2.33. The summed E-state index contributed by atoms with van der Waals surface area (Å²) in [7, 11) is 0. The predicted octanol–water partition coefficient (Wildman–Crippen LogP) is 2.13. The second-order valence-corrected chi connectivity index (χ2v) is 6.83. The number of hydrogen-bond donors (Lipinski definition) is 2. The zero-order chi connectivity index (χ0) is 17.8. The van der Waals surface area contributed by atoms with E-state index in [1.165, 1.54) is 17.0 Å². The summed E-state index contributed by atoms with van der Waals surface area (Å²) in [5, 5.41) is 3.45. The molecule has 2 aromatic rings. The van der Waals surface area contributed by atoms with Crippen molar-refractivity contribution < 1.29 is 14.1 Å². The number of aryl methyl sites for hydroxylation is 1. The maximum atomic E-state index is 13.0. The van der Waals surface area contributed by atoms with E-state index >= 15 is 0 Å². The molecule has 0 aliphatic carbocycles. The SMILES string of the molecule is Cc1ccc(NC(=O)C[NH+]2CCN(c3ccc(F)cc3)CC2)c(Cl)c1. The molecule has 2 N–H and O–H groups in total. The monoisotopic (exact) mass is 362 g/mol. The highest BCUT2D eigenvalue weighted by Crippen LogP contribution is 2.22. The van der Waals surface area contributed by atoms with E-state index < -0.39 is 0 Å². The molecular formula is C19H22ClFN3O+. The second-order valence-electron chi connectivity index (χ2n) is 6.42. The third-order valence-electron chi connectivity index (χ3n) is 4.47. The van der Waals surface area contributed by atoms with E-state index in [0.717, 1.165) is 37.4 Å². The number of carbonyl (C=O) groups excluding carboxylic acids is 1. The van der Waals surface area contributed by atoms with Crippen LogP contribution < -0.4 is 15.1 Å². The molecule has 25 heavy (non-hydrogen) atoms. The first-order valence-corrected chi connectivity index (χ1v) is 8.79. The largest absolute Gasteiger partial charge is 0.360 e. The Morgan fingerprint density at radius 1 is 1.20 bits per heavy atom. The van der Waals surface area contributed by atoms with Crippen LogP contribution in [0.5, 0.6) is 0 Å². The first-order valence-electron chi connectivity index (χ1n) is 8.41. The van der Waals surface area contributed by atoms with Crippen LogP contribution in [0.1, 0.15) is 5.56 Å². The molecule has 6 heteroatoms. The standard InChI is InChI=1S/C19H21ClFN3O/c1-14-2-7-18(17(20)12-14)22-19(25)13-23-8-10-24(11-9-23)16-5-3-15(21)4-6-16/h2-7,12H,8-11,13H2,1H3,(H,22,25)/p+1. The Balaban J connectivity index is 1.50. The smallest absolute Gasteiger partial charge is 0.279 e. The Bertz CT molecular complexity index is 743. The molecule has 3 rings (SSSR count). The number of rotatable bonds is 4. The molecule has 1 aliphatic heterocycles. The summed E-state index contributed by atoms with van der Waals surface area (Å²) in [5.74, 6) is -0.254. The molecule has 0 aromatic heterocycles. The zero-order valence-electron chi connectivity index (χ0n) is 14.2. The van der Waals surface area contributed by atoms with Gasteiger partial charge in [0.2, 0.25) is 0 Å². The molecule has 1 heterocycles. The minimum absolute atomic E-state index is 0.0315. The molecule has 1 aliphatic rings. The predicted molar refractivity (Wildman–Crippen MR) is 99.0 cm³/mol. The van der Waals surface area contributed by atoms with Crippen LogP contribution in [0.4, 0.5) is 15.8 Å². The topological polar surface area (TPSA) is 36.8 Å². The average Bonchev–Trinajstić information content (AvgIpc) is 2.59. The lowest BCUT2D eigenvalue weighted by Crippen LogP contribution is -3.15. The number of halogens is 2. The molecule has 1 fully saturated rings. The number of nitrogens with one attached hydrogen (secondary N) is 2. The van der Waals surface area contributed by atoms with Crippen LogP contribution >= 0.6 is 11.6 Å². The van der Waals surface area contributed by atoms with E-state index in [9.17, 15) is 9.18 Å². The Kier molecular flexibility index (Phi) is 5.56. The number of amides is 1. The highest BCUT2D eigenvalue weighted by Gasteiger charge is 2.22. The van der Waals surface area contributed by atoms with Gasteiger partial charge in [-0.2, -0.15) is 0 Å². The summed E-state index contributed by atoms with van der Waals surface area (Å²) >= 11 is 6.16. The van der Waals surface area contributed by atoms with Crippen molar-refractivity contribution in [3.05, 3.63) is 58.9 Å². The zero-order valence-corrected chi connectivity index (χ0v) is 14.9. The summed E-state index contributed by atoms with van der Waals surface area (Å²) in [6, 6.07) is 12.2. The van der Waals surface area contributed by atoms with Gasteiger partial charge in [0.25, 0.3) is 5.91 Å². The van der Waals surface area contributed by atoms with Crippen molar-refractivity contribution in [2.45, 2.75) is 6.92 Å². The second kappa shape index (κ2) is 7.85. The van der Waals surface area contributed by atoms with Crippen LogP contribution in [0.2, 0.25) is 5.02 Å². The van der Waals surface area contributed by atoms with Crippen LogP contribution in [-0.4, -0.2) is 38.6 Å². The lowest BCUT2D eigenvalue weighted by atomic mass is 10.2. The number of quaternary nitrogens is 1. The number of hydrogen-bond acceptors (Lipinski definition) is 2. The molecule has 0 spiro atoms. The van der Waals surface area contributed by atoms with Gasteiger partial charge in [0.05, 0.1) is 36.9 Å². The van der Waals surface area contributed by atoms with E-state index in [1.54, 1.807) is 12.1 Å². The van der Waals surface area contributed by atoms with Gasteiger partial charge in [-0.15, -0.1) is 0 Å². The first-order chi connectivity index (χ1) is 12.0. The summed E-state index contributed by atoms with van der Waals surface area (Å²) < 4.78 is 13.0. The Labute approximate surface area is 152 Å². The van der Waals surface area contributed by atoms with Gasteiger partial charge in [0.15, 0.2) is 6.54 Å². The van der Waals surface area contributed by atoms with Gasteiger partial charge in [0, 0.05) is 5.69 Å². The van der Waals surface area contributed by atoms with Crippen molar-refractivity contribution in [3.8, 4) is 0 Å². The van der Waals surface area contributed by atoms with Crippen molar-refractivity contribution in [1.82, 2.24) is 0 Å². The molecule has 2 aromatic carbocycles. The highest BCUT2D eigenvalue weighted by atomic mass is 35.5. The van der Waals surface area contributed by atoms with E-state index in [-0.39, 0.29) is 11.7 Å². The molecule has 0 unspecified atom stereocenters. The summed E-state index contributed by atoms with van der Waals surface area (Å²) in [6.07, 6.45) is 0. The molecule has 0 atom stereocenters. The molecule has 1 amide bonds. The summed E-state index contributed by atoms with van der Waals surface area (Å²) in [4.78, 5) is 15.7. The molecule has 0 saturated carbocycles.